The molecule has 1 heterocycles. The highest BCUT2D eigenvalue weighted by molar-refractivity contribution is 5.85. The Balaban J connectivity index is 2.18. The maximum absolute atomic E-state index is 12.4. The smallest absolute Gasteiger partial charge is 0.405 e. The van der Waals surface area contributed by atoms with Crippen LogP contribution < -0.4 is 4.90 Å². The number of alkyl halides is 3. The van der Waals surface area contributed by atoms with Crippen LogP contribution in [-0.4, -0.2) is 34.8 Å². The first-order valence-corrected chi connectivity index (χ1v) is 5.39. The molecule has 1 fully saturated rings. The summed E-state index contributed by atoms with van der Waals surface area (Å²) in [6.45, 7) is -1.04. The Labute approximate surface area is 101 Å². The molecule has 1 aliphatic carbocycles. The van der Waals surface area contributed by atoms with Crippen LogP contribution in [0.25, 0.3) is 0 Å². The zero-order chi connectivity index (χ0) is 13.3. The standard InChI is InChI=1S/C11H11F3N2O2/c12-11(13,14)6-16(7-1-2-7)8-3-4-9(10(17)18)15-5-8/h3-5,7H,1-2,6H2,(H,17,18). The molecule has 2 rings (SSSR count). The number of rotatable bonds is 4. The van der Waals surface area contributed by atoms with Gasteiger partial charge in [0.1, 0.15) is 12.2 Å². The van der Waals surface area contributed by atoms with Crippen LogP contribution in [0, 0.1) is 0 Å². The summed E-state index contributed by atoms with van der Waals surface area (Å²) in [5.74, 6) is -1.20. The van der Waals surface area contributed by atoms with E-state index in [4.69, 9.17) is 5.11 Å². The summed E-state index contributed by atoms with van der Waals surface area (Å²) < 4.78 is 37.3. The molecule has 18 heavy (non-hydrogen) atoms. The topological polar surface area (TPSA) is 53.4 Å². The minimum atomic E-state index is -4.28. The molecule has 7 heteroatoms. The number of carboxylic acids is 1. The van der Waals surface area contributed by atoms with Crippen molar-refractivity contribution in [3.8, 4) is 0 Å². The molecule has 0 aromatic carbocycles. The van der Waals surface area contributed by atoms with Gasteiger partial charge in [-0.15, -0.1) is 0 Å². The molecule has 1 N–H and O–H groups in total. The molecule has 0 radical (unpaired) electrons. The average molecular weight is 260 g/mol. The maximum Gasteiger partial charge on any atom is 0.405 e. The van der Waals surface area contributed by atoms with Crippen molar-refractivity contribution in [2.75, 3.05) is 11.4 Å². The summed E-state index contributed by atoms with van der Waals surface area (Å²) in [5.41, 5.74) is 0.126. The Morgan fingerprint density at radius 3 is 2.50 bits per heavy atom. The van der Waals surface area contributed by atoms with Crippen molar-refractivity contribution in [1.82, 2.24) is 4.98 Å². The van der Waals surface area contributed by atoms with Crippen LogP contribution in [0.15, 0.2) is 18.3 Å². The van der Waals surface area contributed by atoms with Crippen molar-refractivity contribution in [1.29, 1.82) is 0 Å². The predicted molar refractivity (Wildman–Crippen MR) is 57.6 cm³/mol. The third-order valence-corrected chi connectivity index (χ3v) is 2.64. The molecule has 1 aromatic rings. The maximum atomic E-state index is 12.4. The molecule has 98 valence electrons. The van der Waals surface area contributed by atoms with Gasteiger partial charge in [-0.1, -0.05) is 0 Å². The normalized spacial score (nSPS) is 15.5. The van der Waals surface area contributed by atoms with Crippen LogP contribution in [0.5, 0.6) is 0 Å². The van der Waals surface area contributed by atoms with Crippen LogP contribution in [0.3, 0.4) is 0 Å². The van der Waals surface area contributed by atoms with Crippen LogP contribution in [0.1, 0.15) is 23.3 Å². The monoisotopic (exact) mass is 260 g/mol. The van der Waals surface area contributed by atoms with E-state index in [0.717, 1.165) is 12.8 Å². The van der Waals surface area contributed by atoms with Crippen LogP contribution in [0.4, 0.5) is 18.9 Å². The Morgan fingerprint density at radius 2 is 2.11 bits per heavy atom. The van der Waals surface area contributed by atoms with E-state index in [1.165, 1.54) is 23.2 Å². The van der Waals surface area contributed by atoms with E-state index in [-0.39, 0.29) is 11.7 Å². The molecule has 0 spiro atoms. The highest BCUT2D eigenvalue weighted by atomic mass is 19.4. The molecule has 1 aliphatic rings. The van der Waals surface area contributed by atoms with Crippen LogP contribution in [0.2, 0.25) is 0 Å². The van der Waals surface area contributed by atoms with E-state index >= 15 is 0 Å². The molecular weight excluding hydrogens is 249 g/mol. The van der Waals surface area contributed by atoms with Crippen molar-refractivity contribution >= 4 is 11.7 Å². The van der Waals surface area contributed by atoms with Gasteiger partial charge in [0, 0.05) is 6.04 Å². The fraction of sp³-hybridized carbons (Fsp3) is 0.455. The number of anilines is 1. The van der Waals surface area contributed by atoms with E-state index < -0.39 is 18.7 Å². The number of halogens is 3. The number of hydrogen-bond acceptors (Lipinski definition) is 3. The zero-order valence-electron chi connectivity index (χ0n) is 9.31. The zero-order valence-corrected chi connectivity index (χ0v) is 9.31. The first kappa shape index (κ1) is 12.7. The summed E-state index contributed by atoms with van der Waals surface area (Å²) in [5, 5.41) is 8.67. The second kappa shape index (κ2) is 4.47. The molecule has 0 unspecified atom stereocenters. The third-order valence-electron chi connectivity index (χ3n) is 2.64. The number of carboxylic acid groups (broad SMARTS) is 1. The fourth-order valence-corrected chi connectivity index (χ4v) is 1.69. The SMILES string of the molecule is O=C(O)c1ccc(N(CC(F)(F)F)C2CC2)cn1. The number of carbonyl (C=O) groups is 1. The molecule has 0 aliphatic heterocycles. The second-order valence-electron chi connectivity index (χ2n) is 4.18. The lowest BCUT2D eigenvalue weighted by Gasteiger charge is -2.25. The lowest BCUT2D eigenvalue weighted by atomic mass is 10.3. The van der Waals surface area contributed by atoms with E-state index in [9.17, 15) is 18.0 Å². The summed E-state index contributed by atoms with van der Waals surface area (Å²) in [6.07, 6.45) is -1.67. The first-order chi connectivity index (χ1) is 8.37. The number of hydrogen-bond donors (Lipinski definition) is 1. The van der Waals surface area contributed by atoms with Gasteiger partial charge in [0.2, 0.25) is 0 Å². The van der Waals surface area contributed by atoms with Crippen molar-refractivity contribution < 1.29 is 23.1 Å². The quantitative estimate of drug-likeness (QED) is 0.902. The molecule has 1 aromatic heterocycles. The van der Waals surface area contributed by atoms with Gasteiger partial charge in [0.05, 0.1) is 11.9 Å². The van der Waals surface area contributed by atoms with Crippen molar-refractivity contribution in [2.24, 2.45) is 0 Å². The average Bonchev–Trinajstić information content (AvgIpc) is 3.08. The number of pyridine rings is 1. The van der Waals surface area contributed by atoms with Gasteiger partial charge in [-0.25, -0.2) is 9.78 Å². The van der Waals surface area contributed by atoms with E-state index in [1.807, 2.05) is 0 Å². The van der Waals surface area contributed by atoms with Crippen molar-refractivity contribution in [3.05, 3.63) is 24.0 Å². The van der Waals surface area contributed by atoms with Gasteiger partial charge < -0.3 is 10.0 Å². The molecule has 0 amide bonds. The van der Waals surface area contributed by atoms with E-state index in [2.05, 4.69) is 4.98 Å². The fourth-order valence-electron chi connectivity index (χ4n) is 1.69. The molecular formula is C11H11F3N2O2. The predicted octanol–water partition coefficient (Wildman–Crippen LogP) is 2.31. The van der Waals surface area contributed by atoms with Crippen molar-refractivity contribution in [3.63, 3.8) is 0 Å². The molecule has 0 saturated heterocycles. The van der Waals surface area contributed by atoms with Gasteiger partial charge >= 0.3 is 12.1 Å². The van der Waals surface area contributed by atoms with Gasteiger partial charge in [-0.05, 0) is 25.0 Å². The molecule has 1 saturated carbocycles. The Kier molecular flexibility index (Phi) is 3.14. The van der Waals surface area contributed by atoms with E-state index in [1.54, 1.807) is 0 Å². The number of nitrogens with zero attached hydrogens (tertiary/aromatic N) is 2. The Morgan fingerprint density at radius 1 is 1.44 bits per heavy atom. The molecule has 0 atom stereocenters. The lowest BCUT2D eigenvalue weighted by molar-refractivity contribution is -0.120. The Bertz CT molecular complexity index is 441. The van der Waals surface area contributed by atoms with Crippen molar-refractivity contribution in [2.45, 2.75) is 25.1 Å². The molecule has 4 nitrogen and oxygen atoms in total. The van der Waals surface area contributed by atoms with E-state index in [0.29, 0.717) is 5.69 Å². The van der Waals surface area contributed by atoms with Gasteiger partial charge in [-0.2, -0.15) is 13.2 Å². The minimum absolute atomic E-state index is 0.121. The minimum Gasteiger partial charge on any atom is -0.477 e. The highest BCUT2D eigenvalue weighted by Crippen LogP contribution is 2.33. The largest absolute Gasteiger partial charge is 0.477 e. The summed E-state index contributed by atoms with van der Waals surface area (Å²) >= 11 is 0. The van der Waals surface area contributed by atoms with Gasteiger partial charge in [-0.3, -0.25) is 0 Å². The molecule has 0 bridgehead atoms. The van der Waals surface area contributed by atoms with Gasteiger partial charge in [0.25, 0.3) is 0 Å². The van der Waals surface area contributed by atoms with Crippen LogP contribution >= 0.6 is 0 Å². The van der Waals surface area contributed by atoms with Crippen LogP contribution in [-0.2, 0) is 0 Å². The lowest BCUT2D eigenvalue weighted by Crippen LogP contribution is -2.36. The summed E-state index contributed by atoms with van der Waals surface area (Å²) in [4.78, 5) is 15.5. The highest BCUT2D eigenvalue weighted by Gasteiger charge is 2.38. The number of aromatic carboxylic acids is 1. The number of aromatic nitrogens is 1. The second-order valence-corrected chi connectivity index (χ2v) is 4.18. The summed E-state index contributed by atoms with van der Waals surface area (Å²) in [6, 6.07) is 2.45. The van der Waals surface area contributed by atoms with Gasteiger partial charge in [0.15, 0.2) is 0 Å². The first-order valence-electron chi connectivity index (χ1n) is 5.39. The third kappa shape index (κ3) is 3.12. The summed E-state index contributed by atoms with van der Waals surface area (Å²) in [7, 11) is 0. The Hall–Kier alpha value is -1.79.